The molecule has 0 aromatic heterocycles. The Morgan fingerprint density at radius 2 is 1.95 bits per heavy atom. The maximum absolute atomic E-state index is 13.7. The van der Waals surface area contributed by atoms with Crippen LogP contribution in [0.1, 0.15) is 49.0 Å². The average molecular weight is 295 g/mol. The number of hydrogen-bond donors (Lipinski definition) is 2. The monoisotopic (exact) mass is 295 g/mol. The maximum Gasteiger partial charge on any atom is 0.306 e. The highest BCUT2D eigenvalue weighted by atomic mass is 19.1. The van der Waals surface area contributed by atoms with E-state index in [0.717, 1.165) is 5.56 Å². The van der Waals surface area contributed by atoms with Crippen molar-refractivity contribution < 1.29 is 19.1 Å². The summed E-state index contributed by atoms with van der Waals surface area (Å²) in [6.07, 6.45) is 1.93. The van der Waals surface area contributed by atoms with Crippen molar-refractivity contribution in [3.8, 4) is 0 Å². The van der Waals surface area contributed by atoms with Crippen molar-refractivity contribution in [3.05, 3.63) is 35.1 Å². The summed E-state index contributed by atoms with van der Waals surface area (Å²) in [4.78, 5) is 22.6. The van der Waals surface area contributed by atoms with Gasteiger partial charge in [-0.15, -0.1) is 0 Å². The number of nitrogens with one attached hydrogen (secondary N) is 1. The first-order valence-electron chi connectivity index (χ1n) is 7.11. The van der Waals surface area contributed by atoms with Crippen LogP contribution in [-0.2, 0) is 4.79 Å². The quantitative estimate of drug-likeness (QED) is 0.812. The molecule has 0 radical (unpaired) electrons. The molecule has 0 aliphatic rings. The van der Waals surface area contributed by atoms with Crippen LogP contribution < -0.4 is 5.32 Å². The van der Waals surface area contributed by atoms with E-state index in [9.17, 15) is 14.0 Å². The second-order valence-electron chi connectivity index (χ2n) is 5.53. The number of halogens is 1. The van der Waals surface area contributed by atoms with E-state index in [1.54, 1.807) is 19.9 Å². The smallest absolute Gasteiger partial charge is 0.306 e. The number of carbonyl (C=O) groups excluding carboxylic acids is 1. The van der Waals surface area contributed by atoms with E-state index in [1.165, 1.54) is 12.1 Å². The Morgan fingerprint density at radius 1 is 1.29 bits per heavy atom. The van der Waals surface area contributed by atoms with Gasteiger partial charge in [-0.2, -0.15) is 0 Å². The number of rotatable bonds is 7. The van der Waals surface area contributed by atoms with Gasteiger partial charge in [0.2, 0.25) is 0 Å². The Morgan fingerprint density at radius 3 is 2.52 bits per heavy atom. The van der Waals surface area contributed by atoms with Gasteiger partial charge >= 0.3 is 5.97 Å². The van der Waals surface area contributed by atoms with Crippen molar-refractivity contribution in [2.75, 3.05) is 0 Å². The lowest BCUT2D eigenvalue weighted by Crippen LogP contribution is -2.33. The van der Waals surface area contributed by atoms with E-state index in [1.807, 2.05) is 6.92 Å². The van der Waals surface area contributed by atoms with Gasteiger partial charge in [0.25, 0.3) is 5.91 Å². The summed E-state index contributed by atoms with van der Waals surface area (Å²) in [5.74, 6) is -2.17. The molecule has 1 aromatic rings. The highest BCUT2D eigenvalue weighted by molar-refractivity contribution is 5.94. The molecule has 4 nitrogen and oxygen atoms in total. The van der Waals surface area contributed by atoms with Gasteiger partial charge in [0.05, 0.1) is 11.5 Å². The molecule has 0 heterocycles. The number of benzene rings is 1. The first-order valence-corrected chi connectivity index (χ1v) is 7.11. The van der Waals surface area contributed by atoms with Gasteiger partial charge < -0.3 is 10.4 Å². The van der Waals surface area contributed by atoms with Crippen LogP contribution in [0.25, 0.3) is 0 Å². The van der Waals surface area contributed by atoms with Gasteiger partial charge in [-0.3, -0.25) is 9.59 Å². The molecule has 2 atom stereocenters. The normalized spacial score (nSPS) is 13.5. The molecule has 0 fully saturated rings. The molecule has 0 aliphatic heterocycles. The molecule has 21 heavy (non-hydrogen) atoms. The van der Waals surface area contributed by atoms with E-state index in [-0.39, 0.29) is 17.5 Å². The number of carboxylic acid groups (broad SMARTS) is 1. The lowest BCUT2D eigenvalue weighted by molar-refractivity contribution is -0.141. The van der Waals surface area contributed by atoms with E-state index >= 15 is 0 Å². The van der Waals surface area contributed by atoms with Crippen LogP contribution in [0.2, 0.25) is 0 Å². The second-order valence-corrected chi connectivity index (χ2v) is 5.53. The van der Waals surface area contributed by atoms with Crippen molar-refractivity contribution in [2.45, 2.75) is 46.1 Å². The zero-order chi connectivity index (χ0) is 16.0. The van der Waals surface area contributed by atoms with Crippen molar-refractivity contribution in [1.82, 2.24) is 5.32 Å². The molecule has 1 amide bonds. The summed E-state index contributed by atoms with van der Waals surface area (Å²) >= 11 is 0. The molecule has 5 heteroatoms. The average Bonchev–Trinajstić information content (AvgIpc) is 2.37. The van der Waals surface area contributed by atoms with Crippen molar-refractivity contribution >= 4 is 11.9 Å². The topological polar surface area (TPSA) is 66.4 Å². The zero-order valence-electron chi connectivity index (χ0n) is 12.6. The summed E-state index contributed by atoms with van der Waals surface area (Å²) in [6, 6.07) is 4.36. The van der Waals surface area contributed by atoms with Crippen molar-refractivity contribution in [2.24, 2.45) is 5.92 Å². The Balaban J connectivity index is 2.45. The molecule has 0 aliphatic carbocycles. The molecule has 0 spiro atoms. The molecule has 0 saturated carbocycles. The lowest BCUT2D eigenvalue weighted by Gasteiger charge is -2.15. The van der Waals surface area contributed by atoms with Gasteiger partial charge in [-0.1, -0.05) is 19.4 Å². The van der Waals surface area contributed by atoms with Crippen LogP contribution in [0, 0.1) is 18.7 Å². The van der Waals surface area contributed by atoms with E-state index < -0.39 is 17.7 Å². The molecule has 2 unspecified atom stereocenters. The highest BCUT2D eigenvalue weighted by Crippen LogP contribution is 2.12. The fourth-order valence-electron chi connectivity index (χ4n) is 2.03. The number of carbonyl (C=O) groups is 2. The third-order valence-electron chi connectivity index (χ3n) is 3.44. The minimum Gasteiger partial charge on any atom is -0.481 e. The molecule has 2 N–H and O–H groups in total. The zero-order valence-corrected chi connectivity index (χ0v) is 12.6. The van der Waals surface area contributed by atoms with Gasteiger partial charge in [0.1, 0.15) is 5.82 Å². The summed E-state index contributed by atoms with van der Waals surface area (Å²) in [5, 5.41) is 11.5. The first kappa shape index (κ1) is 17.1. The minimum atomic E-state index is -0.812. The fraction of sp³-hybridized carbons (Fsp3) is 0.500. The summed E-state index contributed by atoms with van der Waals surface area (Å²) in [6.45, 7) is 5.25. The molecule has 1 rings (SSSR count). The third-order valence-corrected chi connectivity index (χ3v) is 3.44. The Hall–Kier alpha value is -1.91. The molecule has 0 bridgehead atoms. The lowest BCUT2D eigenvalue weighted by atomic mass is 10.0. The third kappa shape index (κ3) is 5.53. The number of hydrogen-bond acceptors (Lipinski definition) is 2. The van der Waals surface area contributed by atoms with Crippen LogP contribution in [0.5, 0.6) is 0 Å². The largest absolute Gasteiger partial charge is 0.481 e. The van der Waals surface area contributed by atoms with Crippen molar-refractivity contribution in [1.29, 1.82) is 0 Å². The summed E-state index contributed by atoms with van der Waals surface area (Å²) in [5.41, 5.74) is 0.797. The number of amides is 1. The first-order chi connectivity index (χ1) is 9.81. The number of aliphatic carboxylic acids is 1. The second kappa shape index (κ2) is 7.76. The molecular formula is C16H22FNO3. The number of aryl methyl sites for hydroxylation is 1. The Bertz CT molecular complexity index is 516. The van der Waals surface area contributed by atoms with Gasteiger partial charge in [-0.25, -0.2) is 4.39 Å². The van der Waals surface area contributed by atoms with Crippen LogP contribution >= 0.6 is 0 Å². The van der Waals surface area contributed by atoms with Gasteiger partial charge in [0, 0.05) is 6.04 Å². The molecular weight excluding hydrogens is 273 g/mol. The van der Waals surface area contributed by atoms with E-state index in [2.05, 4.69) is 5.32 Å². The standard InChI is InChI=1S/C16H22FNO3/c1-10-7-8-13(14(17)9-10)15(19)18-12(3)6-4-5-11(2)16(20)21/h7-9,11-12H,4-6H2,1-3H3,(H,18,19)(H,20,21). The van der Waals surface area contributed by atoms with Crippen LogP contribution in [-0.4, -0.2) is 23.0 Å². The van der Waals surface area contributed by atoms with Crippen LogP contribution in [0.4, 0.5) is 4.39 Å². The van der Waals surface area contributed by atoms with E-state index in [4.69, 9.17) is 5.11 Å². The van der Waals surface area contributed by atoms with E-state index in [0.29, 0.717) is 19.3 Å². The minimum absolute atomic E-state index is 0.0337. The fourth-order valence-corrected chi connectivity index (χ4v) is 2.03. The van der Waals surface area contributed by atoms with Crippen LogP contribution in [0.15, 0.2) is 18.2 Å². The molecule has 1 aromatic carbocycles. The van der Waals surface area contributed by atoms with Crippen LogP contribution in [0.3, 0.4) is 0 Å². The highest BCUT2D eigenvalue weighted by Gasteiger charge is 2.15. The SMILES string of the molecule is Cc1ccc(C(=O)NC(C)CCCC(C)C(=O)O)c(F)c1. The molecule has 0 saturated heterocycles. The Labute approximate surface area is 124 Å². The predicted molar refractivity (Wildman–Crippen MR) is 78.7 cm³/mol. The number of carboxylic acids is 1. The van der Waals surface area contributed by atoms with Crippen molar-refractivity contribution in [3.63, 3.8) is 0 Å². The Kier molecular flexibility index (Phi) is 6.34. The van der Waals surface area contributed by atoms with Gasteiger partial charge in [0.15, 0.2) is 0 Å². The summed E-state index contributed by atoms with van der Waals surface area (Å²) < 4.78 is 13.7. The summed E-state index contributed by atoms with van der Waals surface area (Å²) in [7, 11) is 0. The van der Waals surface area contributed by atoms with Gasteiger partial charge in [-0.05, 0) is 44.4 Å². The maximum atomic E-state index is 13.7. The predicted octanol–water partition coefficient (Wildman–Crippen LogP) is 3.14. The molecule has 116 valence electrons.